The van der Waals surface area contributed by atoms with Gasteiger partial charge in [0.2, 0.25) is 0 Å². The van der Waals surface area contributed by atoms with Gasteiger partial charge in [-0.05, 0) is 44.2 Å². The first-order valence-electron chi connectivity index (χ1n) is 12.1. The second-order valence-corrected chi connectivity index (χ2v) is 9.74. The SMILES string of the molecule is O=C=C1CC2(CCN1C(=O)OCc1ccc(OCC(F)(F)F)cc1F)CNC2N1NC2=C(CCCC2)N1. The number of nitrogens with zero attached hydrogens (tertiary/aromatic N) is 2. The highest BCUT2D eigenvalue weighted by Crippen LogP contribution is 2.45. The third-order valence-electron chi connectivity index (χ3n) is 7.26. The van der Waals surface area contributed by atoms with Gasteiger partial charge in [-0.15, -0.1) is 5.12 Å². The van der Waals surface area contributed by atoms with Gasteiger partial charge in [-0.2, -0.15) is 13.2 Å². The molecule has 4 aliphatic rings. The zero-order valence-electron chi connectivity index (χ0n) is 19.9. The van der Waals surface area contributed by atoms with Gasteiger partial charge in [0.05, 0.1) is 0 Å². The molecule has 3 N–H and O–H groups in total. The highest BCUT2D eigenvalue weighted by atomic mass is 19.4. The number of hydrogen-bond acceptors (Lipinski definition) is 8. The fourth-order valence-corrected chi connectivity index (χ4v) is 5.23. The van der Waals surface area contributed by atoms with E-state index in [9.17, 15) is 27.2 Å². The van der Waals surface area contributed by atoms with Gasteiger partial charge in [-0.3, -0.25) is 10.2 Å². The summed E-state index contributed by atoms with van der Waals surface area (Å²) in [5.74, 6) is 0.708. The number of hydrogen-bond donors (Lipinski definition) is 3. The van der Waals surface area contributed by atoms with Gasteiger partial charge in [0.1, 0.15) is 36.0 Å². The fourth-order valence-electron chi connectivity index (χ4n) is 5.23. The Morgan fingerprint density at radius 1 is 1.19 bits per heavy atom. The van der Waals surface area contributed by atoms with Crippen LogP contribution in [-0.4, -0.2) is 54.1 Å². The molecule has 1 spiro atoms. The van der Waals surface area contributed by atoms with Crippen molar-refractivity contribution in [2.75, 3.05) is 19.7 Å². The summed E-state index contributed by atoms with van der Waals surface area (Å²) in [6.07, 6.45) is -0.283. The molecular weight excluding hydrogens is 498 g/mol. The number of nitrogens with one attached hydrogen (secondary N) is 3. The third-order valence-corrected chi connectivity index (χ3v) is 7.26. The summed E-state index contributed by atoms with van der Waals surface area (Å²) in [5.41, 5.74) is 9.07. The Hall–Kier alpha value is -3.28. The lowest BCUT2D eigenvalue weighted by Crippen LogP contribution is -2.74. The van der Waals surface area contributed by atoms with Crippen LogP contribution in [0.2, 0.25) is 0 Å². The summed E-state index contributed by atoms with van der Waals surface area (Å²) in [5, 5.41) is 5.35. The second-order valence-electron chi connectivity index (χ2n) is 9.74. The van der Waals surface area contributed by atoms with E-state index in [0.717, 1.165) is 37.8 Å². The molecule has 200 valence electrons. The molecule has 3 heterocycles. The zero-order valence-corrected chi connectivity index (χ0v) is 19.9. The molecule has 3 aliphatic heterocycles. The number of ether oxygens (including phenoxy) is 2. The largest absolute Gasteiger partial charge is 0.484 e. The highest BCUT2D eigenvalue weighted by Gasteiger charge is 2.54. The van der Waals surface area contributed by atoms with Crippen molar-refractivity contribution in [3.8, 4) is 5.75 Å². The van der Waals surface area contributed by atoms with E-state index in [2.05, 4.69) is 20.9 Å². The van der Waals surface area contributed by atoms with Crippen LogP contribution in [0.4, 0.5) is 22.4 Å². The summed E-state index contributed by atoms with van der Waals surface area (Å²) in [7, 11) is 0. The maximum atomic E-state index is 14.3. The molecule has 37 heavy (non-hydrogen) atoms. The predicted molar refractivity (Wildman–Crippen MR) is 121 cm³/mol. The minimum Gasteiger partial charge on any atom is -0.484 e. The lowest BCUT2D eigenvalue weighted by molar-refractivity contribution is -0.153. The number of amides is 1. The van der Waals surface area contributed by atoms with Crippen LogP contribution in [-0.2, 0) is 16.1 Å². The zero-order chi connectivity index (χ0) is 26.2. The van der Waals surface area contributed by atoms with Crippen LogP contribution in [0.1, 0.15) is 44.1 Å². The highest BCUT2D eigenvalue weighted by molar-refractivity contribution is 5.74. The maximum Gasteiger partial charge on any atom is 0.422 e. The molecule has 1 aromatic rings. The van der Waals surface area contributed by atoms with E-state index in [1.165, 1.54) is 22.4 Å². The molecule has 2 saturated heterocycles. The van der Waals surface area contributed by atoms with Crippen LogP contribution in [0, 0.1) is 11.2 Å². The number of carbonyl (C=O) groups is 1. The number of piperidine rings is 1. The first kappa shape index (κ1) is 25.4. The van der Waals surface area contributed by atoms with Crippen molar-refractivity contribution in [2.24, 2.45) is 5.41 Å². The molecule has 13 heteroatoms. The minimum atomic E-state index is -4.55. The van der Waals surface area contributed by atoms with E-state index < -0.39 is 31.3 Å². The third kappa shape index (κ3) is 5.25. The van der Waals surface area contributed by atoms with Crippen LogP contribution >= 0.6 is 0 Å². The normalized spacial score (nSPS) is 25.7. The summed E-state index contributed by atoms with van der Waals surface area (Å²) < 4.78 is 60.9. The van der Waals surface area contributed by atoms with Gasteiger partial charge in [0.15, 0.2) is 6.61 Å². The van der Waals surface area contributed by atoms with Crippen molar-refractivity contribution in [3.05, 3.63) is 46.7 Å². The molecule has 2 fully saturated rings. The number of hydrazine groups is 2. The Bertz CT molecular complexity index is 1130. The molecule has 0 bridgehead atoms. The number of alkyl halides is 3. The molecule has 0 radical (unpaired) electrons. The second kappa shape index (κ2) is 9.88. The van der Waals surface area contributed by atoms with Crippen LogP contribution < -0.4 is 20.9 Å². The molecule has 2 unspecified atom stereocenters. The number of allylic oxidation sites excluding steroid dienone is 3. The molecule has 1 aliphatic carbocycles. The van der Waals surface area contributed by atoms with Crippen molar-refractivity contribution in [1.29, 1.82) is 0 Å². The first-order valence-corrected chi connectivity index (χ1v) is 12.1. The smallest absolute Gasteiger partial charge is 0.422 e. The van der Waals surface area contributed by atoms with Crippen LogP contribution in [0.5, 0.6) is 5.75 Å². The van der Waals surface area contributed by atoms with E-state index >= 15 is 0 Å². The van der Waals surface area contributed by atoms with Crippen molar-refractivity contribution in [1.82, 2.24) is 26.2 Å². The van der Waals surface area contributed by atoms with E-state index in [0.29, 0.717) is 19.4 Å². The quantitative estimate of drug-likeness (QED) is 0.399. The van der Waals surface area contributed by atoms with E-state index in [-0.39, 0.29) is 35.1 Å². The molecule has 9 nitrogen and oxygen atoms in total. The van der Waals surface area contributed by atoms with Crippen LogP contribution in [0.15, 0.2) is 35.3 Å². The topological polar surface area (TPSA) is 95.2 Å². The molecule has 0 aromatic heterocycles. The molecule has 1 aromatic carbocycles. The molecule has 1 amide bonds. The van der Waals surface area contributed by atoms with Gasteiger partial charge in [-0.25, -0.2) is 14.0 Å². The number of carbonyl (C=O) groups excluding carboxylic acids is 2. The van der Waals surface area contributed by atoms with Crippen molar-refractivity contribution >= 4 is 12.0 Å². The standard InChI is InChI=1S/C24H27F4N5O4/c25-18-9-17(37-14-24(26,27)28)6-5-15(18)12-36-22(35)32-8-7-23(10-16(32)11-34)13-29-21(23)33-30-19-3-1-2-4-20(19)31-33/h5-6,9,21,29-31H,1-4,7-8,10,12-14H2. The Kier molecular flexibility index (Phi) is 6.78. The van der Waals surface area contributed by atoms with E-state index in [4.69, 9.17) is 4.74 Å². The fraction of sp³-hybridized carbons (Fsp3) is 0.542. The van der Waals surface area contributed by atoms with Gasteiger partial charge < -0.3 is 20.3 Å². The van der Waals surface area contributed by atoms with Gasteiger partial charge in [0, 0.05) is 47.9 Å². The Morgan fingerprint density at radius 3 is 2.51 bits per heavy atom. The predicted octanol–water partition coefficient (Wildman–Crippen LogP) is 3.24. The van der Waals surface area contributed by atoms with Crippen LogP contribution in [0.25, 0.3) is 0 Å². The molecular formula is C24H27F4N5O4. The molecule has 0 saturated carbocycles. The number of likely N-dealkylation sites (tertiary alicyclic amines) is 1. The van der Waals surface area contributed by atoms with Crippen molar-refractivity contribution in [3.63, 3.8) is 0 Å². The first-order chi connectivity index (χ1) is 17.7. The van der Waals surface area contributed by atoms with E-state index in [1.54, 1.807) is 0 Å². The van der Waals surface area contributed by atoms with Gasteiger partial charge in [0.25, 0.3) is 0 Å². The number of rotatable bonds is 5. The Labute approximate surface area is 210 Å². The summed E-state index contributed by atoms with van der Waals surface area (Å²) >= 11 is 0. The minimum absolute atomic E-state index is 0.0382. The monoisotopic (exact) mass is 525 g/mol. The summed E-state index contributed by atoms with van der Waals surface area (Å²) in [4.78, 5) is 25.7. The van der Waals surface area contributed by atoms with Crippen molar-refractivity contribution in [2.45, 2.75) is 57.5 Å². The average Bonchev–Trinajstić information content (AvgIpc) is 3.28. The maximum absolute atomic E-state index is 14.3. The molecule has 2 atom stereocenters. The summed E-state index contributed by atoms with van der Waals surface area (Å²) in [6, 6.07) is 3.15. The number of benzene rings is 1. The van der Waals surface area contributed by atoms with E-state index in [1.807, 2.05) is 11.1 Å². The van der Waals surface area contributed by atoms with Gasteiger partial charge >= 0.3 is 12.3 Å². The Balaban J connectivity index is 1.16. The lowest BCUT2D eigenvalue weighted by atomic mass is 9.69. The Morgan fingerprint density at radius 2 is 1.92 bits per heavy atom. The van der Waals surface area contributed by atoms with Crippen LogP contribution in [0.3, 0.4) is 0 Å². The number of halogens is 4. The molecule has 5 rings (SSSR count). The summed E-state index contributed by atoms with van der Waals surface area (Å²) in [6.45, 7) is -1.10. The van der Waals surface area contributed by atoms with Crippen molar-refractivity contribution < 1.29 is 36.6 Å². The van der Waals surface area contributed by atoms with Gasteiger partial charge in [-0.1, -0.05) is 0 Å². The average molecular weight is 526 g/mol. The lowest BCUT2D eigenvalue weighted by Gasteiger charge is -2.56.